The second-order valence-electron chi connectivity index (χ2n) is 8.15. The summed E-state index contributed by atoms with van der Waals surface area (Å²) in [5.74, 6) is 0.887. The SMILES string of the molecule is C=O.CC.CC.CC.CNC(=O)C(CCC=O)N(C)C=O.Cc1cc(OCCCCCOc2ccc([N+](=O)[O-])cn2)ccc1C=O. The Kier molecular flexibility index (Phi) is 36.5. The third kappa shape index (κ3) is 22.8. The van der Waals surface area contributed by atoms with Gasteiger partial charge in [0.15, 0.2) is 0 Å². The predicted molar refractivity (Wildman–Crippen MR) is 180 cm³/mol. The van der Waals surface area contributed by atoms with Crippen molar-refractivity contribution in [3.05, 3.63) is 57.8 Å². The number of carbonyl (C=O) groups is 5. The van der Waals surface area contributed by atoms with Gasteiger partial charge in [0.05, 0.1) is 18.1 Å². The van der Waals surface area contributed by atoms with E-state index >= 15 is 0 Å². The minimum absolute atomic E-state index is 0.0547. The lowest BCUT2D eigenvalue weighted by Gasteiger charge is -2.21. The zero-order valence-corrected chi connectivity index (χ0v) is 28.9. The maximum Gasteiger partial charge on any atom is 0.287 e. The summed E-state index contributed by atoms with van der Waals surface area (Å²) >= 11 is 0. The van der Waals surface area contributed by atoms with Gasteiger partial charge in [-0.05, 0) is 56.4 Å². The maximum atomic E-state index is 11.2. The first-order chi connectivity index (χ1) is 22.3. The summed E-state index contributed by atoms with van der Waals surface area (Å²) in [6, 6.07) is 7.71. The topological polar surface area (TPSA) is 175 Å². The van der Waals surface area contributed by atoms with Gasteiger partial charge in [-0.1, -0.05) is 41.5 Å². The van der Waals surface area contributed by atoms with Crippen molar-refractivity contribution in [2.24, 2.45) is 0 Å². The van der Waals surface area contributed by atoms with Crippen LogP contribution >= 0.6 is 0 Å². The third-order valence-electron chi connectivity index (χ3n) is 5.37. The minimum atomic E-state index is -0.548. The molecule has 1 atom stereocenters. The van der Waals surface area contributed by atoms with Crippen LogP contribution in [-0.4, -0.2) is 79.8 Å². The maximum absolute atomic E-state index is 11.2. The summed E-state index contributed by atoms with van der Waals surface area (Å²) in [6.45, 7) is 17.0. The van der Waals surface area contributed by atoms with Gasteiger partial charge >= 0.3 is 0 Å². The molecule has 13 heteroatoms. The number of aldehydes is 2. The van der Waals surface area contributed by atoms with Crippen LogP contribution in [0.5, 0.6) is 11.6 Å². The molecule has 0 bridgehead atoms. The number of hydrogen-bond donors (Lipinski definition) is 1. The van der Waals surface area contributed by atoms with Gasteiger partial charge < -0.3 is 29.3 Å². The standard InChI is InChI=1S/C18H20N2O5.C8H14N2O3.3C2H6.CH2O/c1-14-11-17(7-5-15(14)13-21)24-9-3-2-4-10-25-18-8-6-16(12-19-18)20(22)23;1-9-8(13)7(4-3-5-11)10(2)6-12;4*1-2/h5-8,11-13H,2-4,9-10H2,1H3;5-7H,3-4H2,1-2H3,(H,9,13);3*1-2H3;1H2. The fourth-order valence-electron chi connectivity index (χ4n) is 3.17. The summed E-state index contributed by atoms with van der Waals surface area (Å²) in [6.07, 6.45) is 6.60. The van der Waals surface area contributed by atoms with Gasteiger partial charge in [-0.15, -0.1) is 0 Å². The van der Waals surface area contributed by atoms with E-state index in [0.29, 0.717) is 37.5 Å². The van der Waals surface area contributed by atoms with Gasteiger partial charge in [0.2, 0.25) is 18.2 Å². The first kappa shape index (κ1) is 48.2. The van der Waals surface area contributed by atoms with Crippen molar-refractivity contribution in [3.8, 4) is 11.6 Å². The molecule has 0 aliphatic heterocycles. The molecular formula is C33H54N4O9. The van der Waals surface area contributed by atoms with Crippen LogP contribution in [0.1, 0.15) is 89.6 Å². The van der Waals surface area contributed by atoms with Crippen LogP contribution in [0.15, 0.2) is 36.5 Å². The lowest BCUT2D eigenvalue weighted by atomic mass is 10.1. The van der Waals surface area contributed by atoms with Crippen molar-refractivity contribution in [1.29, 1.82) is 0 Å². The number of aryl methyl sites for hydroxylation is 1. The molecule has 2 rings (SSSR count). The molecule has 1 heterocycles. The van der Waals surface area contributed by atoms with Crippen LogP contribution in [0.4, 0.5) is 5.69 Å². The molecule has 1 N–H and O–H groups in total. The van der Waals surface area contributed by atoms with Crippen LogP contribution in [0.25, 0.3) is 0 Å². The Morgan fingerprint density at radius 2 is 1.59 bits per heavy atom. The van der Waals surface area contributed by atoms with Crippen molar-refractivity contribution in [2.75, 3.05) is 27.3 Å². The number of rotatable bonds is 16. The van der Waals surface area contributed by atoms with Gasteiger partial charge in [-0.25, -0.2) is 4.98 Å². The van der Waals surface area contributed by atoms with Crippen molar-refractivity contribution >= 4 is 37.4 Å². The fourth-order valence-corrected chi connectivity index (χ4v) is 3.17. The zero-order chi connectivity index (χ0) is 36.3. The largest absolute Gasteiger partial charge is 0.494 e. The Hall–Kier alpha value is -4.68. The van der Waals surface area contributed by atoms with Crippen LogP contribution in [-0.2, 0) is 19.2 Å². The van der Waals surface area contributed by atoms with Gasteiger partial charge in [0, 0.05) is 38.2 Å². The van der Waals surface area contributed by atoms with Gasteiger partial charge in [0.1, 0.15) is 37.3 Å². The summed E-state index contributed by atoms with van der Waals surface area (Å²) in [5, 5.41) is 13.0. The lowest BCUT2D eigenvalue weighted by molar-refractivity contribution is -0.385. The first-order valence-corrected chi connectivity index (χ1v) is 15.3. The van der Waals surface area contributed by atoms with E-state index in [1.807, 2.05) is 61.3 Å². The van der Waals surface area contributed by atoms with E-state index < -0.39 is 11.0 Å². The monoisotopic (exact) mass is 650 g/mol. The number of nitrogens with zero attached hydrogens (tertiary/aromatic N) is 3. The molecule has 1 aromatic heterocycles. The Morgan fingerprint density at radius 3 is 2.02 bits per heavy atom. The number of ether oxygens (including phenoxy) is 2. The highest BCUT2D eigenvalue weighted by Gasteiger charge is 2.20. The predicted octanol–water partition coefficient (Wildman–Crippen LogP) is 5.80. The van der Waals surface area contributed by atoms with Gasteiger partial charge in [-0.3, -0.25) is 24.5 Å². The Bertz CT molecular complexity index is 1070. The summed E-state index contributed by atoms with van der Waals surface area (Å²) in [4.78, 5) is 65.6. The molecule has 1 aromatic carbocycles. The molecule has 0 saturated carbocycles. The average molecular weight is 651 g/mol. The van der Waals surface area contributed by atoms with Crippen molar-refractivity contribution in [3.63, 3.8) is 0 Å². The summed E-state index contributed by atoms with van der Waals surface area (Å²) in [7, 11) is 3.01. The second kappa shape index (κ2) is 34.8. The van der Waals surface area contributed by atoms with E-state index in [0.717, 1.165) is 43.1 Å². The summed E-state index contributed by atoms with van der Waals surface area (Å²) in [5.41, 5.74) is 1.52. The smallest absolute Gasteiger partial charge is 0.287 e. The molecular weight excluding hydrogens is 596 g/mol. The Labute approximate surface area is 274 Å². The van der Waals surface area contributed by atoms with Crippen LogP contribution < -0.4 is 14.8 Å². The lowest BCUT2D eigenvalue weighted by Crippen LogP contribution is -2.43. The molecule has 2 aromatic rings. The number of benzene rings is 1. The number of hydrogen-bond acceptors (Lipinski definition) is 10. The van der Waals surface area contributed by atoms with E-state index in [4.69, 9.17) is 14.3 Å². The molecule has 46 heavy (non-hydrogen) atoms. The van der Waals surface area contributed by atoms with E-state index in [1.54, 1.807) is 12.1 Å². The van der Waals surface area contributed by atoms with Crippen molar-refractivity contribution < 1.29 is 38.4 Å². The number of unbranched alkanes of at least 4 members (excludes halogenated alkanes) is 2. The molecule has 1 unspecified atom stereocenters. The second-order valence-corrected chi connectivity index (χ2v) is 8.15. The minimum Gasteiger partial charge on any atom is -0.494 e. The van der Waals surface area contributed by atoms with E-state index in [-0.39, 0.29) is 18.0 Å². The van der Waals surface area contributed by atoms with Gasteiger partial charge in [-0.2, -0.15) is 0 Å². The molecule has 0 spiro atoms. The number of carbonyl (C=O) groups excluding carboxylic acids is 5. The van der Waals surface area contributed by atoms with Crippen molar-refractivity contribution in [2.45, 2.75) is 86.6 Å². The number of nitrogens with one attached hydrogen (secondary N) is 1. The van der Waals surface area contributed by atoms with Gasteiger partial charge in [0.25, 0.3) is 5.69 Å². The highest BCUT2D eigenvalue weighted by molar-refractivity contribution is 5.83. The first-order valence-electron chi connectivity index (χ1n) is 15.3. The highest BCUT2D eigenvalue weighted by atomic mass is 16.6. The fraction of sp³-hybridized carbons (Fsp3) is 0.515. The summed E-state index contributed by atoms with van der Waals surface area (Å²) < 4.78 is 11.1. The molecule has 260 valence electrons. The number of nitro groups is 1. The van der Waals surface area contributed by atoms with Crippen LogP contribution in [0.3, 0.4) is 0 Å². The number of likely N-dealkylation sites (N-methyl/N-ethyl adjacent to an activating group) is 2. The molecule has 0 aliphatic carbocycles. The quantitative estimate of drug-likeness (QED) is 0.101. The number of amides is 2. The zero-order valence-electron chi connectivity index (χ0n) is 28.9. The number of pyridine rings is 1. The molecule has 0 fully saturated rings. The Morgan fingerprint density at radius 1 is 1.00 bits per heavy atom. The molecule has 0 radical (unpaired) electrons. The molecule has 0 saturated heterocycles. The van der Waals surface area contributed by atoms with E-state index in [2.05, 4.69) is 10.3 Å². The molecule has 13 nitrogen and oxygen atoms in total. The average Bonchev–Trinajstić information content (AvgIpc) is 3.11. The molecule has 0 aliphatic rings. The van der Waals surface area contributed by atoms with E-state index in [1.165, 1.54) is 37.3 Å². The van der Waals surface area contributed by atoms with Crippen LogP contribution in [0.2, 0.25) is 0 Å². The van der Waals surface area contributed by atoms with Crippen LogP contribution in [0, 0.1) is 17.0 Å². The third-order valence-corrected chi connectivity index (χ3v) is 5.37. The normalized spacial score (nSPS) is 9.33. The number of aromatic nitrogens is 1. The van der Waals surface area contributed by atoms with E-state index in [9.17, 15) is 29.3 Å². The highest BCUT2D eigenvalue weighted by Crippen LogP contribution is 2.17. The Balaban J connectivity index is -0.000000355. The van der Waals surface area contributed by atoms with Crippen molar-refractivity contribution in [1.82, 2.24) is 15.2 Å². The molecule has 2 amide bonds.